The molecule has 1 aliphatic rings. The second kappa shape index (κ2) is 9.85. The Balaban J connectivity index is 1.83. The maximum Gasteiger partial charge on any atom is 0.187 e. The second-order valence-corrected chi connectivity index (χ2v) is 6.57. The molecule has 23 heavy (non-hydrogen) atoms. The number of hydrogen-bond acceptors (Lipinski definition) is 4. The summed E-state index contributed by atoms with van der Waals surface area (Å²) in [5, 5.41) is 7.78. The third-order valence-electron chi connectivity index (χ3n) is 3.32. The third kappa shape index (κ3) is 6.45. The van der Waals surface area contributed by atoms with Crippen LogP contribution in [0.15, 0.2) is 27.8 Å². The van der Waals surface area contributed by atoms with Gasteiger partial charge in [-0.3, -0.25) is 5.43 Å². The fraction of sp³-hybridized carbons (Fsp3) is 0.500. The summed E-state index contributed by atoms with van der Waals surface area (Å²) in [5.74, 6) is 0.804. The van der Waals surface area contributed by atoms with Gasteiger partial charge in [0.1, 0.15) is 5.75 Å². The number of hydrazone groups is 1. The Bertz CT molecular complexity index is 548. The van der Waals surface area contributed by atoms with Crippen molar-refractivity contribution in [3.8, 4) is 5.75 Å². The number of hydrogen-bond donors (Lipinski definition) is 2. The van der Waals surface area contributed by atoms with Gasteiger partial charge in [0.2, 0.25) is 0 Å². The van der Waals surface area contributed by atoms with Crippen molar-refractivity contribution in [1.82, 2.24) is 10.7 Å². The van der Waals surface area contributed by atoms with Crippen molar-refractivity contribution < 1.29 is 9.47 Å². The van der Waals surface area contributed by atoms with Gasteiger partial charge in [0.15, 0.2) is 5.11 Å². The zero-order chi connectivity index (χ0) is 16.5. The standard InChI is InChI=1S/C16H22BrN3O2S/c1-2-7-22-15-6-5-13(17)9-12(15)10-19-20-16(23)18-11-14-4-3-8-21-14/h5-6,9-10,14H,2-4,7-8,11H2,1H3,(H2,18,20,23)/b19-10-/t14-/m1/s1. The number of halogens is 1. The molecule has 0 radical (unpaired) electrons. The zero-order valence-electron chi connectivity index (χ0n) is 13.2. The first-order chi connectivity index (χ1) is 11.2. The number of ether oxygens (including phenoxy) is 2. The predicted octanol–water partition coefficient (Wildman–Crippen LogP) is 3.21. The first-order valence-corrected chi connectivity index (χ1v) is 9.00. The van der Waals surface area contributed by atoms with Crippen LogP contribution in [0.2, 0.25) is 0 Å². The van der Waals surface area contributed by atoms with Crippen LogP contribution in [-0.4, -0.2) is 37.2 Å². The molecule has 5 nitrogen and oxygen atoms in total. The lowest BCUT2D eigenvalue weighted by Crippen LogP contribution is -2.37. The molecule has 1 aliphatic heterocycles. The van der Waals surface area contributed by atoms with Crippen LogP contribution in [0.3, 0.4) is 0 Å². The van der Waals surface area contributed by atoms with Crippen molar-refractivity contribution in [2.24, 2.45) is 5.10 Å². The second-order valence-electron chi connectivity index (χ2n) is 5.25. The smallest absolute Gasteiger partial charge is 0.187 e. The van der Waals surface area contributed by atoms with E-state index in [9.17, 15) is 0 Å². The predicted molar refractivity (Wildman–Crippen MR) is 100 cm³/mol. The summed E-state index contributed by atoms with van der Waals surface area (Å²) >= 11 is 8.66. The molecular formula is C16H22BrN3O2S. The Kier molecular flexibility index (Phi) is 7.78. The fourth-order valence-electron chi connectivity index (χ4n) is 2.18. The Hall–Kier alpha value is -1.18. The van der Waals surface area contributed by atoms with Crippen molar-refractivity contribution in [3.63, 3.8) is 0 Å². The maximum absolute atomic E-state index is 5.71. The number of nitrogens with one attached hydrogen (secondary N) is 2. The minimum atomic E-state index is 0.248. The van der Waals surface area contributed by atoms with E-state index in [2.05, 4.69) is 38.7 Å². The van der Waals surface area contributed by atoms with Crippen LogP contribution >= 0.6 is 28.1 Å². The van der Waals surface area contributed by atoms with Crippen LogP contribution in [0.1, 0.15) is 31.7 Å². The Morgan fingerprint density at radius 3 is 3.17 bits per heavy atom. The van der Waals surface area contributed by atoms with Crippen molar-refractivity contribution in [1.29, 1.82) is 0 Å². The van der Waals surface area contributed by atoms with Gasteiger partial charge in [-0.2, -0.15) is 5.10 Å². The largest absolute Gasteiger partial charge is 0.493 e. The molecule has 0 saturated carbocycles. The molecule has 2 N–H and O–H groups in total. The SMILES string of the molecule is CCCOc1ccc(Br)cc1/C=N\NC(=S)NC[C@H]1CCCO1. The van der Waals surface area contributed by atoms with E-state index < -0.39 is 0 Å². The fourth-order valence-corrected chi connectivity index (χ4v) is 2.69. The normalized spacial score (nSPS) is 17.4. The molecule has 0 amide bonds. The summed E-state index contributed by atoms with van der Waals surface area (Å²) in [6.45, 7) is 4.31. The van der Waals surface area contributed by atoms with Crippen LogP contribution in [0.5, 0.6) is 5.75 Å². The molecule has 0 aliphatic carbocycles. The highest BCUT2D eigenvalue weighted by molar-refractivity contribution is 9.10. The molecule has 1 atom stereocenters. The number of nitrogens with zero attached hydrogens (tertiary/aromatic N) is 1. The van der Waals surface area contributed by atoms with Gasteiger partial charge in [-0.05, 0) is 49.7 Å². The molecular weight excluding hydrogens is 378 g/mol. The van der Waals surface area contributed by atoms with Gasteiger partial charge in [-0.1, -0.05) is 22.9 Å². The molecule has 7 heteroatoms. The summed E-state index contributed by atoms with van der Waals surface area (Å²) in [5.41, 5.74) is 3.71. The first kappa shape index (κ1) is 18.2. The minimum absolute atomic E-state index is 0.248. The number of thiocarbonyl (C=S) groups is 1. The van der Waals surface area contributed by atoms with Crippen LogP contribution in [-0.2, 0) is 4.74 Å². The van der Waals surface area contributed by atoms with E-state index in [0.29, 0.717) is 18.3 Å². The highest BCUT2D eigenvalue weighted by Gasteiger charge is 2.15. The summed E-state index contributed by atoms with van der Waals surface area (Å²) in [6.07, 6.45) is 5.11. The molecule has 2 rings (SSSR count). The van der Waals surface area contributed by atoms with E-state index in [-0.39, 0.29) is 6.10 Å². The van der Waals surface area contributed by atoms with Crippen molar-refractivity contribution in [2.75, 3.05) is 19.8 Å². The molecule has 1 heterocycles. The van der Waals surface area contributed by atoms with E-state index in [1.165, 1.54) is 0 Å². The molecule has 0 spiro atoms. The van der Waals surface area contributed by atoms with Gasteiger partial charge in [0, 0.05) is 23.2 Å². The van der Waals surface area contributed by atoms with Crippen molar-refractivity contribution >= 4 is 39.5 Å². The average molecular weight is 400 g/mol. The zero-order valence-corrected chi connectivity index (χ0v) is 15.6. The first-order valence-electron chi connectivity index (χ1n) is 7.80. The van der Waals surface area contributed by atoms with Crippen molar-refractivity contribution in [3.05, 3.63) is 28.2 Å². The highest BCUT2D eigenvalue weighted by Crippen LogP contribution is 2.21. The highest BCUT2D eigenvalue weighted by atomic mass is 79.9. The van der Waals surface area contributed by atoms with E-state index in [1.54, 1.807) is 6.21 Å². The molecule has 0 aromatic heterocycles. The maximum atomic E-state index is 5.71. The van der Waals surface area contributed by atoms with Crippen LogP contribution in [0, 0.1) is 0 Å². The average Bonchev–Trinajstić information content (AvgIpc) is 3.05. The molecule has 0 unspecified atom stereocenters. The Labute approximate surface area is 150 Å². The lowest BCUT2D eigenvalue weighted by atomic mass is 10.2. The van der Waals surface area contributed by atoms with Crippen LogP contribution in [0.4, 0.5) is 0 Å². The van der Waals surface area contributed by atoms with E-state index in [4.69, 9.17) is 21.7 Å². The molecule has 0 bridgehead atoms. The lowest BCUT2D eigenvalue weighted by molar-refractivity contribution is 0.114. The monoisotopic (exact) mass is 399 g/mol. The van der Waals surface area contributed by atoms with Gasteiger partial charge >= 0.3 is 0 Å². The van der Waals surface area contributed by atoms with Crippen molar-refractivity contribution in [2.45, 2.75) is 32.3 Å². The van der Waals surface area contributed by atoms with Gasteiger partial charge in [0.05, 0.1) is 18.9 Å². The van der Waals surface area contributed by atoms with Crippen LogP contribution < -0.4 is 15.5 Å². The lowest BCUT2D eigenvalue weighted by Gasteiger charge is -2.12. The quantitative estimate of drug-likeness (QED) is 0.418. The van der Waals surface area contributed by atoms with Crippen LogP contribution in [0.25, 0.3) is 0 Å². The number of benzene rings is 1. The van der Waals surface area contributed by atoms with E-state index >= 15 is 0 Å². The molecule has 1 aromatic carbocycles. The summed E-state index contributed by atoms with van der Waals surface area (Å²) in [4.78, 5) is 0. The number of rotatable bonds is 7. The molecule has 1 fully saturated rings. The van der Waals surface area contributed by atoms with E-state index in [0.717, 1.165) is 41.7 Å². The minimum Gasteiger partial charge on any atom is -0.493 e. The molecule has 1 saturated heterocycles. The molecule has 126 valence electrons. The van der Waals surface area contributed by atoms with E-state index in [1.807, 2.05) is 18.2 Å². The van der Waals surface area contributed by atoms with Gasteiger partial charge in [0.25, 0.3) is 0 Å². The van der Waals surface area contributed by atoms with Gasteiger partial charge < -0.3 is 14.8 Å². The topological polar surface area (TPSA) is 54.9 Å². The van der Waals surface area contributed by atoms with Gasteiger partial charge in [-0.25, -0.2) is 0 Å². The summed E-state index contributed by atoms with van der Waals surface area (Å²) in [7, 11) is 0. The third-order valence-corrected chi connectivity index (χ3v) is 4.05. The Morgan fingerprint density at radius 1 is 1.57 bits per heavy atom. The summed E-state index contributed by atoms with van der Waals surface area (Å²) < 4.78 is 12.2. The summed E-state index contributed by atoms with van der Waals surface area (Å²) in [6, 6.07) is 5.83. The Morgan fingerprint density at radius 2 is 2.43 bits per heavy atom. The van der Waals surface area contributed by atoms with Gasteiger partial charge in [-0.15, -0.1) is 0 Å². The molecule has 1 aromatic rings.